The van der Waals surface area contributed by atoms with E-state index in [4.69, 9.17) is 4.43 Å². The lowest BCUT2D eigenvalue weighted by molar-refractivity contribution is 0.0210. The SMILES string of the molecule is CC1(C)[C@H]2CC[C@]1(C)[C@H](O[Si](C)(C)C(C)(C)C)C2. The molecule has 0 aromatic rings. The van der Waals surface area contributed by atoms with Crippen LogP contribution in [0.5, 0.6) is 0 Å². The highest BCUT2D eigenvalue weighted by Gasteiger charge is 2.62. The smallest absolute Gasteiger partial charge is 0.192 e. The number of hydrogen-bond donors (Lipinski definition) is 0. The Balaban J connectivity index is 2.19. The Bertz CT molecular complexity index is 339. The van der Waals surface area contributed by atoms with Gasteiger partial charge in [0, 0.05) is 0 Å². The zero-order valence-corrected chi connectivity index (χ0v) is 14.7. The first-order valence-corrected chi connectivity index (χ1v) is 10.5. The normalized spacial score (nSPS) is 39.3. The fourth-order valence-corrected chi connectivity index (χ4v) is 5.26. The van der Waals surface area contributed by atoms with Gasteiger partial charge in [-0.05, 0) is 54.1 Å². The van der Waals surface area contributed by atoms with Crippen molar-refractivity contribution in [3.63, 3.8) is 0 Å². The summed E-state index contributed by atoms with van der Waals surface area (Å²) < 4.78 is 6.77. The van der Waals surface area contributed by atoms with E-state index in [-0.39, 0.29) is 0 Å². The monoisotopic (exact) mass is 268 g/mol. The number of hydrogen-bond acceptors (Lipinski definition) is 1. The van der Waals surface area contributed by atoms with Crippen LogP contribution in [0.15, 0.2) is 0 Å². The van der Waals surface area contributed by atoms with Crippen molar-refractivity contribution in [1.29, 1.82) is 0 Å². The van der Waals surface area contributed by atoms with E-state index in [0.717, 1.165) is 5.92 Å². The van der Waals surface area contributed by atoms with Crippen LogP contribution in [0, 0.1) is 16.7 Å². The second-order valence-corrected chi connectivity index (χ2v) is 13.7. The van der Waals surface area contributed by atoms with E-state index in [1.807, 2.05) is 0 Å². The standard InChI is InChI=1S/C16H32OSi/c1-14(2,3)18(7,8)17-13-11-12-9-10-16(13,6)15(12,4)5/h12-13H,9-11H2,1-8H3/t12-,13+,16+/m0/s1. The molecule has 0 heterocycles. The summed E-state index contributed by atoms with van der Waals surface area (Å²) in [7, 11) is -1.62. The summed E-state index contributed by atoms with van der Waals surface area (Å²) in [6, 6.07) is 0. The number of rotatable bonds is 2. The van der Waals surface area contributed by atoms with Gasteiger partial charge in [-0.15, -0.1) is 0 Å². The minimum Gasteiger partial charge on any atom is -0.413 e. The molecule has 2 aliphatic carbocycles. The van der Waals surface area contributed by atoms with Crippen LogP contribution in [0.2, 0.25) is 18.1 Å². The fraction of sp³-hybridized carbons (Fsp3) is 1.00. The molecular formula is C16H32OSi. The van der Waals surface area contributed by atoms with Crippen LogP contribution in [-0.4, -0.2) is 14.4 Å². The van der Waals surface area contributed by atoms with E-state index in [2.05, 4.69) is 54.6 Å². The average Bonchev–Trinajstić information content (AvgIpc) is 2.48. The quantitative estimate of drug-likeness (QED) is 0.624. The molecule has 0 unspecified atom stereocenters. The molecule has 0 aromatic carbocycles. The molecule has 2 rings (SSSR count). The van der Waals surface area contributed by atoms with Gasteiger partial charge in [-0.3, -0.25) is 0 Å². The minimum atomic E-state index is -1.62. The maximum absolute atomic E-state index is 6.77. The maximum atomic E-state index is 6.77. The molecule has 2 aliphatic rings. The first-order chi connectivity index (χ1) is 7.92. The van der Waals surface area contributed by atoms with E-state index in [9.17, 15) is 0 Å². The largest absolute Gasteiger partial charge is 0.413 e. The van der Waals surface area contributed by atoms with Gasteiger partial charge in [0.1, 0.15) is 0 Å². The molecule has 0 N–H and O–H groups in total. The van der Waals surface area contributed by atoms with Crippen molar-refractivity contribution < 1.29 is 4.43 Å². The lowest BCUT2D eigenvalue weighted by atomic mass is 9.70. The maximum Gasteiger partial charge on any atom is 0.192 e. The van der Waals surface area contributed by atoms with Crippen LogP contribution in [0.25, 0.3) is 0 Å². The Kier molecular flexibility index (Phi) is 3.12. The van der Waals surface area contributed by atoms with Gasteiger partial charge in [0.25, 0.3) is 0 Å². The highest BCUT2D eigenvalue weighted by molar-refractivity contribution is 6.74. The average molecular weight is 269 g/mol. The Morgan fingerprint density at radius 3 is 2.00 bits per heavy atom. The molecule has 2 saturated carbocycles. The second kappa shape index (κ2) is 3.85. The zero-order valence-electron chi connectivity index (χ0n) is 13.7. The second-order valence-electron chi connectivity index (χ2n) is 8.98. The van der Waals surface area contributed by atoms with Crippen LogP contribution in [0.3, 0.4) is 0 Å². The summed E-state index contributed by atoms with van der Waals surface area (Å²) in [5.41, 5.74) is 0.882. The summed E-state index contributed by atoms with van der Waals surface area (Å²) in [5.74, 6) is 0.886. The highest BCUT2D eigenvalue weighted by atomic mass is 28.4. The summed E-state index contributed by atoms with van der Waals surface area (Å²) in [4.78, 5) is 0. The third kappa shape index (κ3) is 1.83. The lowest BCUT2D eigenvalue weighted by Gasteiger charge is -2.45. The van der Waals surface area contributed by atoms with Gasteiger partial charge >= 0.3 is 0 Å². The molecule has 2 fully saturated rings. The Labute approximate surface area is 115 Å². The zero-order chi connectivity index (χ0) is 14.0. The minimum absolute atomic E-state index is 0.329. The predicted octanol–water partition coefficient (Wildman–Crippen LogP) is 5.22. The summed E-state index contributed by atoms with van der Waals surface area (Å²) >= 11 is 0. The summed E-state index contributed by atoms with van der Waals surface area (Å²) in [6.45, 7) is 19.3. The third-order valence-electron chi connectivity index (χ3n) is 6.96. The molecule has 0 aliphatic heterocycles. The predicted molar refractivity (Wildman–Crippen MR) is 81.3 cm³/mol. The molecule has 0 aromatic heterocycles. The lowest BCUT2D eigenvalue weighted by Crippen LogP contribution is -2.48. The van der Waals surface area contributed by atoms with E-state index >= 15 is 0 Å². The van der Waals surface area contributed by atoms with Gasteiger partial charge in [-0.25, -0.2) is 0 Å². The molecule has 106 valence electrons. The Morgan fingerprint density at radius 1 is 1.11 bits per heavy atom. The molecule has 0 amide bonds. The van der Waals surface area contributed by atoms with E-state index in [1.165, 1.54) is 19.3 Å². The Morgan fingerprint density at radius 2 is 1.67 bits per heavy atom. The molecule has 0 spiro atoms. The molecule has 3 atom stereocenters. The van der Waals surface area contributed by atoms with Crippen molar-refractivity contribution in [3.8, 4) is 0 Å². The van der Waals surface area contributed by atoms with Gasteiger partial charge < -0.3 is 4.43 Å². The molecule has 18 heavy (non-hydrogen) atoms. The van der Waals surface area contributed by atoms with Crippen LogP contribution < -0.4 is 0 Å². The highest BCUT2D eigenvalue weighted by Crippen LogP contribution is 2.66. The van der Waals surface area contributed by atoms with Crippen LogP contribution in [-0.2, 0) is 4.43 Å². The molecular weight excluding hydrogens is 236 g/mol. The van der Waals surface area contributed by atoms with Crippen LogP contribution >= 0.6 is 0 Å². The van der Waals surface area contributed by atoms with E-state index in [1.54, 1.807) is 0 Å². The van der Waals surface area contributed by atoms with Crippen molar-refractivity contribution >= 4 is 8.32 Å². The first kappa shape index (κ1) is 14.6. The van der Waals surface area contributed by atoms with E-state index < -0.39 is 8.32 Å². The van der Waals surface area contributed by atoms with E-state index in [0.29, 0.717) is 22.0 Å². The van der Waals surface area contributed by atoms with Gasteiger partial charge in [-0.1, -0.05) is 41.5 Å². The van der Waals surface area contributed by atoms with Crippen LogP contribution in [0.4, 0.5) is 0 Å². The molecule has 0 saturated heterocycles. The first-order valence-electron chi connectivity index (χ1n) is 7.60. The molecule has 2 heteroatoms. The van der Waals surface area contributed by atoms with Crippen molar-refractivity contribution in [3.05, 3.63) is 0 Å². The number of fused-ring (bicyclic) bond motifs is 2. The van der Waals surface area contributed by atoms with Gasteiger partial charge in [0.2, 0.25) is 0 Å². The van der Waals surface area contributed by atoms with Gasteiger partial charge in [-0.2, -0.15) is 0 Å². The Hall–Kier alpha value is 0.177. The summed E-state index contributed by atoms with van der Waals surface area (Å²) in [5, 5.41) is 0.329. The van der Waals surface area contributed by atoms with Crippen LogP contribution in [0.1, 0.15) is 60.8 Å². The topological polar surface area (TPSA) is 9.23 Å². The van der Waals surface area contributed by atoms with Crippen molar-refractivity contribution in [2.24, 2.45) is 16.7 Å². The van der Waals surface area contributed by atoms with Crippen molar-refractivity contribution in [2.75, 3.05) is 0 Å². The van der Waals surface area contributed by atoms with Gasteiger partial charge in [0.15, 0.2) is 8.32 Å². The van der Waals surface area contributed by atoms with Crippen molar-refractivity contribution in [2.45, 2.75) is 85.0 Å². The molecule has 1 nitrogen and oxygen atoms in total. The van der Waals surface area contributed by atoms with Crippen molar-refractivity contribution in [1.82, 2.24) is 0 Å². The third-order valence-corrected chi connectivity index (χ3v) is 11.4. The molecule has 2 bridgehead atoms. The fourth-order valence-electron chi connectivity index (χ4n) is 3.84. The van der Waals surface area contributed by atoms with Gasteiger partial charge in [0.05, 0.1) is 6.10 Å². The molecule has 0 radical (unpaired) electrons. The summed E-state index contributed by atoms with van der Waals surface area (Å²) in [6.07, 6.45) is 4.59.